The lowest BCUT2D eigenvalue weighted by atomic mass is 10.1. The van der Waals surface area contributed by atoms with E-state index >= 15 is 0 Å². The molecule has 6 nitrogen and oxygen atoms in total. The van der Waals surface area contributed by atoms with Gasteiger partial charge in [-0.3, -0.25) is 4.79 Å². The Morgan fingerprint density at radius 2 is 1.90 bits per heavy atom. The molecule has 1 amide bonds. The molecule has 1 fully saturated rings. The highest BCUT2D eigenvalue weighted by Gasteiger charge is 2.19. The standard InChI is InChI=1S/C21H20ClFN4O2S/c22-16-5-4-6-17(19(16)27-11-2-1-3-12-27)24-18(28)13-30-21-26-25-20(29-21)14-7-9-15(23)10-8-14/h4-10H,1-3,11-13H2,(H,24,28). The van der Waals surface area contributed by atoms with Crippen LogP contribution in [0.2, 0.25) is 5.02 Å². The van der Waals surface area contributed by atoms with E-state index in [0.29, 0.717) is 16.3 Å². The van der Waals surface area contributed by atoms with Crippen LogP contribution in [0.5, 0.6) is 0 Å². The monoisotopic (exact) mass is 446 g/mol. The molecule has 1 aliphatic heterocycles. The van der Waals surface area contributed by atoms with Crippen LogP contribution in [0, 0.1) is 5.82 Å². The third kappa shape index (κ3) is 4.94. The van der Waals surface area contributed by atoms with Gasteiger partial charge in [-0.2, -0.15) is 0 Å². The summed E-state index contributed by atoms with van der Waals surface area (Å²) >= 11 is 7.57. The number of anilines is 2. The first kappa shape index (κ1) is 20.7. The fourth-order valence-corrected chi connectivity index (χ4v) is 4.20. The van der Waals surface area contributed by atoms with Gasteiger partial charge in [0, 0.05) is 18.7 Å². The van der Waals surface area contributed by atoms with Crippen LogP contribution in [0.4, 0.5) is 15.8 Å². The van der Waals surface area contributed by atoms with Crippen molar-refractivity contribution in [2.45, 2.75) is 24.5 Å². The van der Waals surface area contributed by atoms with Crippen molar-refractivity contribution in [2.24, 2.45) is 0 Å². The number of amides is 1. The van der Waals surface area contributed by atoms with E-state index in [0.717, 1.165) is 43.4 Å². The number of aromatic nitrogens is 2. The number of hydrogen-bond acceptors (Lipinski definition) is 6. The van der Waals surface area contributed by atoms with E-state index in [1.165, 1.54) is 18.6 Å². The molecule has 1 N–H and O–H groups in total. The predicted molar refractivity (Wildman–Crippen MR) is 117 cm³/mol. The molecular formula is C21H20ClFN4O2S. The van der Waals surface area contributed by atoms with Gasteiger partial charge in [-0.25, -0.2) is 4.39 Å². The van der Waals surface area contributed by atoms with Crippen molar-refractivity contribution in [1.29, 1.82) is 0 Å². The van der Waals surface area contributed by atoms with E-state index in [-0.39, 0.29) is 28.6 Å². The third-order valence-corrected chi connectivity index (χ3v) is 5.88. The van der Waals surface area contributed by atoms with E-state index in [2.05, 4.69) is 20.4 Å². The molecule has 30 heavy (non-hydrogen) atoms. The minimum Gasteiger partial charge on any atom is -0.411 e. The van der Waals surface area contributed by atoms with Crippen molar-refractivity contribution < 1.29 is 13.6 Å². The van der Waals surface area contributed by atoms with Gasteiger partial charge in [-0.05, 0) is 55.7 Å². The Labute approximate surface area is 182 Å². The normalized spacial score (nSPS) is 14.0. The number of halogens is 2. The Morgan fingerprint density at radius 1 is 1.13 bits per heavy atom. The molecule has 1 aliphatic rings. The summed E-state index contributed by atoms with van der Waals surface area (Å²) < 4.78 is 18.6. The second-order valence-electron chi connectivity index (χ2n) is 6.90. The Bertz CT molecular complexity index is 1020. The maximum absolute atomic E-state index is 13.0. The molecule has 0 radical (unpaired) electrons. The molecule has 0 saturated carbocycles. The predicted octanol–water partition coefficient (Wildman–Crippen LogP) is 5.25. The number of nitrogens with one attached hydrogen (secondary N) is 1. The van der Waals surface area contributed by atoms with Crippen LogP contribution >= 0.6 is 23.4 Å². The van der Waals surface area contributed by atoms with E-state index in [1.807, 2.05) is 18.2 Å². The van der Waals surface area contributed by atoms with Crippen LogP contribution in [-0.2, 0) is 4.79 Å². The van der Waals surface area contributed by atoms with Crippen LogP contribution in [0.15, 0.2) is 52.1 Å². The summed E-state index contributed by atoms with van der Waals surface area (Å²) in [6.07, 6.45) is 3.44. The van der Waals surface area contributed by atoms with Crippen molar-refractivity contribution in [3.8, 4) is 11.5 Å². The van der Waals surface area contributed by atoms with Crippen molar-refractivity contribution >= 4 is 40.6 Å². The van der Waals surface area contributed by atoms with E-state index in [9.17, 15) is 9.18 Å². The summed E-state index contributed by atoms with van der Waals surface area (Å²) in [5, 5.41) is 11.7. The lowest BCUT2D eigenvalue weighted by Gasteiger charge is -2.31. The number of benzene rings is 2. The average Bonchev–Trinajstić information content (AvgIpc) is 3.23. The van der Waals surface area contributed by atoms with Crippen LogP contribution in [0.1, 0.15) is 19.3 Å². The van der Waals surface area contributed by atoms with E-state index < -0.39 is 0 Å². The zero-order valence-corrected chi connectivity index (χ0v) is 17.7. The summed E-state index contributed by atoms with van der Waals surface area (Å²) in [4.78, 5) is 14.7. The van der Waals surface area contributed by atoms with Crippen molar-refractivity contribution in [3.63, 3.8) is 0 Å². The van der Waals surface area contributed by atoms with Gasteiger partial charge in [0.2, 0.25) is 11.8 Å². The van der Waals surface area contributed by atoms with Crippen molar-refractivity contribution in [3.05, 3.63) is 53.3 Å². The fourth-order valence-electron chi connectivity index (χ4n) is 3.35. The molecule has 1 saturated heterocycles. The summed E-state index contributed by atoms with van der Waals surface area (Å²) in [6.45, 7) is 1.85. The van der Waals surface area contributed by atoms with Gasteiger partial charge in [0.1, 0.15) is 5.82 Å². The Morgan fingerprint density at radius 3 is 2.67 bits per heavy atom. The maximum Gasteiger partial charge on any atom is 0.277 e. The number of nitrogens with zero attached hydrogens (tertiary/aromatic N) is 3. The number of hydrogen-bond donors (Lipinski definition) is 1. The first-order valence-electron chi connectivity index (χ1n) is 9.66. The van der Waals surface area contributed by atoms with Gasteiger partial charge in [0.05, 0.1) is 22.2 Å². The molecule has 4 rings (SSSR count). The molecule has 9 heteroatoms. The number of carbonyl (C=O) groups is 1. The van der Waals surface area contributed by atoms with Crippen LogP contribution in [0.25, 0.3) is 11.5 Å². The van der Waals surface area contributed by atoms with Gasteiger partial charge in [-0.1, -0.05) is 29.4 Å². The fraction of sp³-hybridized carbons (Fsp3) is 0.286. The minimum atomic E-state index is -0.338. The van der Waals surface area contributed by atoms with Gasteiger partial charge in [-0.15, -0.1) is 10.2 Å². The quantitative estimate of drug-likeness (QED) is 0.521. The smallest absolute Gasteiger partial charge is 0.277 e. The van der Waals surface area contributed by atoms with Crippen LogP contribution in [0.3, 0.4) is 0 Å². The molecule has 0 atom stereocenters. The zero-order valence-electron chi connectivity index (χ0n) is 16.1. The molecule has 2 aromatic carbocycles. The van der Waals surface area contributed by atoms with Crippen molar-refractivity contribution in [2.75, 3.05) is 29.1 Å². The second-order valence-corrected chi connectivity index (χ2v) is 8.23. The van der Waals surface area contributed by atoms with Gasteiger partial charge in [0.25, 0.3) is 5.22 Å². The molecule has 156 valence electrons. The molecule has 0 spiro atoms. The summed E-state index contributed by atoms with van der Waals surface area (Å²) in [5.74, 6) is -0.145. The van der Waals surface area contributed by atoms with E-state index in [4.69, 9.17) is 16.0 Å². The number of para-hydroxylation sites is 1. The molecule has 3 aromatic rings. The minimum absolute atomic E-state index is 0.108. The highest BCUT2D eigenvalue weighted by Crippen LogP contribution is 2.35. The second kappa shape index (κ2) is 9.49. The number of piperidine rings is 1. The highest BCUT2D eigenvalue weighted by molar-refractivity contribution is 7.99. The largest absolute Gasteiger partial charge is 0.411 e. The summed E-state index contributed by atoms with van der Waals surface area (Å²) in [6, 6.07) is 11.3. The average molecular weight is 447 g/mol. The lowest BCUT2D eigenvalue weighted by Crippen LogP contribution is -2.30. The molecule has 1 aromatic heterocycles. The Kier molecular flexibility index (Phi) is 6.54. The van der Waals surface area contributed by atoms with Crippen molar-refractivity contribution in [1.82, 2.24) is 10.2 Å². The molecular weight excluding hydrogens is 427 g/mol. The Hall–Kier alpha value is -2.58. The van der Waals surface area contributed by atoms with Crippen LogP contribution in [-0.4, -0.2) is 34.9 Å². The SMILES string of the molecule is O=C(CSc1nnc(-c2ccc(F)cc2)o1)Nc1cccc(Cl)c1N1CCCCC1. The Balaban J connectivity index is 1.39. The highest BCUT2D eigenvalue weighted by atomic mass is 35.5. The van der Waals surface area contributed by atoms with E-state index in [1.54, 1.807) is 12.1 Å². The topological polar surface area (TPSA) is 71.3 Å². The lowest BCUT2D eigenvalue weighted by molar-refractivity contribution is -0.113. The summed E-state index contributed by atoms with van der Waals surface area (Å²) in [7, 11) is 0. The number of rotatable bonds is 6. The van der Waals surface area contributed by atoms with Gasteiger partial charge >= 0.3 is 0 Å². The first-order valence-corrected chi connectivity index (χ1v) is 11.0. The maximum atomic E-state index is 13.0. The third-order valence-electron chi connectivity index (χ3n) is 4.76. The number of thioether (sulfide) groups is 1. The zero-order chi connectivity index (χ0) is 20.9. The molecule has 0 bridgehead atoms. The molecule has 0 aliphatic carbocycles. The molecule has 0 unspecified atom stereocenters. The summed E-state index contributed by atoms with van der Waals surface area (Å²) in [5.41, 5.74) is 2.19. The van der Waals surface area contributed by atoms with Crippen LogP contribution < -0.4 is 10.2 Å². The van der Waals surface area contributed by atoms with Gasteiger partial charge < -0.3 is 14.6 Å². The molecule has 2 heterocycles. The number of carbonyl (C=O) groups excluding carboxylic acids is 1. The van der Waals surface area contributed by atoms with Gasteiger partial charge in [0.15, 0.2) is 0 Å². The first-order chi connectivity index (χ1) is 14.6.